The van der Waals surface area contributed by atoms with Gasteiger partial charge >= 0.3 is 0 Å². The van der Waals surface area contributed by atoms with Gasteiger partial charge in [-0.2, -0.15) is 4.99 Å². The minimum Gasteiger partial charge on any atom is -0.343 e. The minimum atomic E-state index is -0.780. The van der Waals surface area contributed by atoms with Crippen molar-refractivity contribution in [2.45, 2.75) is 52.5 Å². The van der Waals surface area contributed by atoms with Crippen LogP contribution in [0.15, 0.2) is 80.5 Å². The van der Waals surface area contributed by atoms with Gasteiger partial charge in [-0.05, 0) is 67.8 Å². The molecule has 1 fully saturated rings. The minimum absolute atomic E-state index is 0.0351. The third kappa shape index (κ3) is 6.70. The molecule has 1 saturated carbocycles. The van der Waals surface area contributed by atoms with Crippen LogP contribution in [0, 0.1) is 11.7 Å². The molecule has 1 unspecified atom stereocenters. The second-order valence-corrected chi connectivity index (χ2v) is 11.5. The average molecular weight is 666 g/mol. The summed E-state index contributed by atoms with van der Waals surface area (Å²) in [6.45, 7) is 5.76. The van der Waals surface area contributed by atoms with E-state index in [2.05, 4.69) is 41.9 Å². The van der Waals surface area contributed by atoms with E-state index in [9.17, 15) is 14.0 Å². The van der Waals surface area contributed by atoms with Gasteiger partial charge in [0.2, 0.25) is 5.96 Å². The molecular formula is C32H31BrClFN6O2. The Bertz CT molecular complexity index is 1680. The molecule has 6 rings (SSSR count). The number of hydrogen-bond donors (Lipinski definition) is 3. The Kier molecular flexibility index (Phi) is 9.37. The van der Waals surface area contributed by atoms with Gasteiger partial charge in [-0.25, -0.2) is 14.4 Å². The summed E-state index contributed by atoms with van der Waals surface area (Å²) in [4.78, 5) is 40.2. The van der Waals surface area contributed by atoms with Crippen LogP contribution in [0.3, 0.4) is 0 Å². The van der Waals surface area contributed by atoms with Crippen molar-refractivity contribution < 1.29 is 14.0 Å². The van der Waals surface area contributed by atoms with Crippen LogP contribution in [0.2, 0.25) is 5.02 Å². The molecule has 1 atom stereocenters. The molecule has 8 nitrogen and oxygen atoms in total. The van der Waals surface area contributed by atoms with Crippen molar-refractivity contribution in [3.8, 4) is 0 Å². The Hall–Kier alpha value is -3.89. The lowest BCUT2D eigenvalue weighted by molar-refractivity contribution is -0.113. The molecule has 11 heteroatoms. The van der Waals surface area contributed by atoms with Crippen LogP contribution in [-0.4, -0.2) is 28.5 Å². The van der Waals surface area contributed by atoms with Gasteiger partial charge in [0.25, 0.3) is 5.91 Å². The summed E-state index contributed by atoms with van der Waals surface area (Å²) >= 11 is 10.1. The van der Waals surface area contributed by atoms with E-state index in [-0.39, 0.29) is 29.3 Å². The number of rotatable bonds is 5. The summed E-state index contributed by atoms with van der Waals surface area (Å²) in [6, 6.07) is 12.4. The number of nitrogens with zero attached hydrogens (tertiary/aromatic N) is 3. The molecule has 3 N–H and O–H groups in total. The van der Waals surface area contributed by atoms with E-state index >= 15 is 0 Å². The predicted molar refractivity (Wildman–Crippen MR) is 172 cm³/mol. The second kappa shape index (κ2) is 13.2. The summed E-state index contributed by atoms with van der Waals surface area (Å²) < 4.78 is 14.5. The molecule has 3 aromatic rings. The maximum atomic E-state index is 13.7. The van der Waals surface area contributed by atoms with Crippen LogP contribution >= 0.6 is 27.5 Å². The topological polar surface area (TPSA) is 108 Å². The molecular weight excluding hydrogens is 635 g/mol. The Morgan fingerprint density at radius 1 is 1.09 bits per heavy atom. The largest absolute Gasteiger partial charge is 0.343 e. The highest BCUT2D eigenvalue weighted by Crippen LogP contribution is 2.37. The monoisotopic (exact) mass is 664 g/mol. The number of nitrogens with one attached hydrogen (secondary N) is 3. The standard InChI is InChI=1S/C30H25BrClFN6O2.C2H6/c1-15-26(29(41)37-24-12-17(9-10-34-24)28(40)16-3-2-4-16)27(21-7-5-19(31)14-22(21)32)39-30(35-15)38-25-13-18-11-20(33)6-8-23(18)36-25;1-2/h5-12,14,16,27H,2-4,13H2,1H3,(H,34,37,41)(H2,35,36,38,39);1-2H3. The van der Waals surface area contributed by atoms with Crippen LogP contribution in [-0.2, 0) is 11.2 Å². The third-order valence-electron chi connectivity index (χ3n) is 7.44. The molecule has 2 aliphatic heterocycles. The van der Waals surface area contributed by atoms with Gasteiger partial charge in [0.1, 0.15) is 23.5 Å². The zero-order chi connectivity index (χ0) is 30.7. The summed E-state index contributed by atoms with van der Waals surface area (Å²) in [5.74, 6) is 0.510. The molecule has 0 bridgehead atoms. The fourth-order valence-electron chi connectivity index (χ4n) is 5.11. The maximum absolute atomic E-state index is 13.7. The number of aliphatic imine (C=N–C) groups is 2. The van der Waals surface area contributed by atoms with Gasteiger partial charge in [0.05, 0.1) is 5.57 Å². The molecule has 0 saturated heterocycles. The van der Waals surface area contributed by atoms with Crippen LogP contribution in [0.1, 0.15) is 67.6 Å². The number of guanidine groups is 1. The highest BCUT2D eigenvalue weighted by atomic mass is 79.9. The van der Waals surface area contributed by atoms with Gasteiger partial charge in [-0.3, -0.25) is 9.59 Å². The van der Waals surface area contributed by atoms with E-state index in [1.807, 2.05) is 19.9 Å². The van der Waals surface area contributed by atoms with Crippen LogP contribution in [0.5, 0.6) is 0 Å². The lowest BCUT2D eigenvalue weighted by Crippen LogP contribution is -2.33. The first-order valence-corrected chi connectivity index (χ1v) is 15.4. The fourth-order valence-corrected chi connectivity index (χ4v) is 5.88. The van der Waals surface area contributed by atoms with E-state index in [1.54, 1.807) is 37.3 Å². The second-order valence-electron chi connectivity index (χ2n) is 10.2. The summed E-state index contributed by atoms with van der Waals surface area (Å²) in [5.41, 5.74) is 3.59. The number of halogens is 3. The number of fused-ring (bicyclic) bond motifs is 1. The number of amides is 1. The Morgan fingerprint density at radius 3 is 2.60 bits per heavy atom. The number of benzene rings is 2. The van der Waals surface area contributed by atoms with E-state index in [4.69, 9.17) is 16.6 Å². The lowest BCUT2D eigenvalue weighted by atomic mass is 9.80. The van der Waals surface area contributed by atoms with Gasteiger partial charge in [-0.1, -0.05) is 53.9 Å². The zero-order valence-corrected chi connectivity index (χ0v) is 26.3. The highest BCUT2D eigenvalue weighted by Gasteiger charge is 2.32. The van der Waals surface area contributed by atoms with E-state index in [0.29, 0.717) is 39.7 Å². The molecule has 2 aromatic carbocycles. The normalized spacial score (nSPS) is 18.4. The number of allylic oxidation sites excluding steroid dienone is 1. The van der Waals surface area contributed by atoms with Crippen molar-refractivity contribution >= 4 is 62.5 Å². The fraction of sp³-hybridized carbons (Fsp3) is 0.281. The van der Waals surface area contributed by atoms with E-state index < -0.39 is 11.9 Å². The van der Waals surface area contributed by atoms with Gasteiger partial charge in [0.15, 0.2) is 5.78 Å². The number of anilines is 2. The zero-order valence-electron chi connectivity index (χ0n) is 24.0. The quantitative estimate of drug-likeness (QED) is 0.243. The van der Waals surface area contributed by atoms with Crippen molar-refractivity contribution in [1.82, 2.24) is 10.3 Å². The molecule has 0 spiro atoms. The van der Waals surface area contributed by atoms with Crippen molar-refractivity contribution in [2.75, 3.05) is 10.6 Å². The number of Topliss-reactive ketones (excluding diaryl/α,β-unsaturated/α-hetero) is 1. The van der Waals surface area contributed by atoms with Crippen molar-refractivity contribution in [1.29, 1.82) is 0 Å². The van der Waals surface area contributed by atoms with Gasteiger partial charge in [-0.15, -0.1) is 0 Å². The highest BCUT2D eigenvalue weighted by molar-refractivity contribution is 9.10. The van der Waals surface area contributed by atoms with Crippen LogP contribution < -0.4 is 16.0 Å². The summed E-state index contributed by atoms with van der Waals surface area (Å²) in [5, 5.41) is 9.59. The molecule has 0 radical (unpaired) electrons. The number of ketones is 1. The molecule has 43 heavy (non-hydrogen) atoms. The first-order chi connectivity index (χ1) is 20.7. The third-order valence-corrected chi connectivity index (χ3v) is 8.26. The van der Waals surface area contributed by atoms with Crippen molar-refractivity contribution in [2.24, 2.45) is 15.9 Å². The number of hydrogen-bond acceptors (Lipinski definition) is 6. The van der Waals surface area contributed by atoms with Crippen LogP contribution in [0.25, 0.3) is 0 Å². The number of aromatic nitrogens is 1. The summed E-state index contributed by atoms with van der Waals surface area (Å²) in [6.07, 6.45) is 4.77. The molecule has 222 valence electrons. The number of carbonyl (C=O) groups is 2. The Morgan fingerprint density at radius 2 is 1.88 bits per heavy atom. The van der Waals surface area contributed by atoms with E-state index in [1.165, 1.54) is 18.3 Å². The van der Waals surface area contributed by atoms with Crippen molar-refractivity contribution in [3.63, 3.8) is 0 Å². The number of carbonyl (C=O) groups excluding carboxylic acids is 2. The molecule has 3 heterocycles. The van der Waals surface area contributed by atoms with Gasteiger partial charge < -0.3 is 16.0 Å². The molecule has 1 aliphatic carbocycles. The van der Waals surface area contributed by atoms with Crippen molar-refractivity contribution in [3.05, 3.63) is 98.0 Å². The first-order valence-electron chi connectivity index (χ1n) is 14.2. The first kappa shape index (κ1) is 30.6. The summed E-state index contributed by atoms with van der Waals surface area (Å²) in [7, 11) is 0. The Labute approximate surface area is 263 Å². The smallest absolute Gasteiger partial charge is 0.257 e. The van der Waals surface area contributed by atoms with Gasteiger partial charge in [0, 0.05) is 50.5 Å². The number of pyridine rings is 1. The predicted octanol–water partition coefficient (Wildman–Crippen LogP) is 7.63. The Balaban J connectivity index is 0.00000180. The average Bonchev–Trinajstić information content (AvgIpc) is 3.34. The molecule has 3 aliphatic rings. The molecule has 1 aromatic heterocycles. The SMILES string of the molecule is CC.CC1=C(C(=O)Nc2cc(C(=O)C3CCC3)ccn2)C(c2ccc(Br)cc2Cl)N=C(/N=C2/Cc3cc(F)ccc3N2)N1. The molecule has 1 amide bonds. The van der Waals surface area contributed by atoms with E-state index in [0.717, 1.165) is 35.0 Å². The number of amidine groups is 1. The van der Waals surface area contributed by atoms with Crippen LogP contribution in [0.4, 0.5) is 15.9 Å². The lowest BCUT2D eigenvalue weighted by Gasteiger charge is -2.26. The maximum Gasteiger partial charge on any atom is 0.257 e.